The van der Waals surface area contributed by atoms with Crippen molar-refractivity contribution in [2.24, 2.45) is 5.41 Å². The lowest BCUT2D eigenvalue weighted by Gasteiger charge is -2.30. The highest BCUT2D eigenvalue weighted by Crippen LogP contribution is 2.29. The number of rotatable bonds is 8. The monoisotopic (exact) mass is 260 g/mol. The minimum absolute atomic E-state index is 0.286. The van der Waals surface area contributed by atoms with Gasteiger partial charge in [-0.25, -0.2) is 4.79 Å². The number of ether oxygens (including phenoxy) is 2. The van der Waals surface area contributed by atoms with E-state index in [-0.39, 0.29) is 32.3 Å². The van der Waals surface area contributed by atoms with E-state index in [1.807, 2.05) is 0 Å². The van der Waals surface area contributed by atoms with Gasteiger partial charge in [0.1, 0.15) is 0 Å². The first-order valence-corrected chi connectivity index (χ1v) is 5.55. The molecule has 0 amide bonds. The van der Waals surface area contributed by atoms with Gasteiger partial charge < -0.3 is 9.47 Å². The fraction of sp³-hybridized carbons (Fsp3) is 0.467. The molecule has 0 aromatic rings. The number of hydrogen-bond donors (Lipinski definition) is 0. The molecule has 0 heterocycles. The molecule has 12 radical (unpaired) electrons. The Morgan fingerprint density at radius 1 is 0.842 bits per heavy atom. The van der Waals surface area contributed by atoms with Crippen LogP contribution in [0.15, 0.2) is 0 Å². The molecule has 100 valence electrons. The molecule has 0 spiro atoms. The molecule has 0 aromatic carbocycles. The Hall–Kier alpha value is -0.900. The molecule has 0 saturated carbocycles. The van der Waals surface area contributed by atoms with Crippen LogP contribution >= 0.6 is 0 Å². The highest BCUT2D eigenvalue weighted by molar-refractivity contribution is 5.93. The van der Waals surface area contributed by atoms with Gasteiger partial charge in [-0.2, -0.15) is 0 Å². The van der Waals surface area contributed by atoms with Gasteiger partial charge in [-0.3, -0.25) is 4.79 Å². The van der Waals surface area contributed by atoms with E-state index in [2.05, 4.69) is 4.74 Å². The van der Waals surface area contributed by atoms with Crippen molar-refractivity contribution in [1.82, 2.24) is 0 Å². The lowest BCUT2D eigenvalue weighted by molar-refractivity contribution is -0.182. The van der Waals surface area contributed by atoms with Crippen molar-refractivity contribution in [3.63, 3.8) is 0 Å². The van der Waals surface area contributed by atoms with Crippen molar-refractivity contribution in [2.45, 2.75) is 31.3 Å². The first kappa shape index (κ1) is 18.1. The molecular formula is C15H16O4. The third kappa shape index (κ3) is 4.03. The van der Waals surface area contributed by atoms with Gasteiger partial charge in [0.15, 0.2) is 5.60 Å². The van der Waals surface area contributed by atoms with Gasteiger partial charge in [0.05, 0.1) is 12.0 Å². The summed E-state index contributed by atoms with van der Waals surface area (Å²) >= 11 is 0. The normalized spacial score (nSPS) is 12.3. The molecular weight excluding hydrogens is 244 g/mol. The Labute approximate surface area is 116 Å². The second-order valence-corrected chi connectivity index (χ2v) is 3.95. The minimum Gasteiger partial charge on any atom is -0.391 e. The minimum atomic E-state index is -1.70. The molecule has 0 N–H and O–H groups in total. The van der Waals surface area contributed by atoms with E-state index < -0.39 is 23.0 Å². The zero-order valence-electron chi connectivity index (χ0n) is 10.6. The smallest absolute Gasteiger partial charge is 0.346 e. The van der Waals surface area contributed by atoms with Crippen LogP contribution in [0.4, 0.5) is 0 Å². The van der Waals surface area contributed by atoms with Crippen LogP contribution in [0.1, 0.15) is 25.7 Å². The van der Waals surface area contributed by atoms with Gasteiger partial charge in [-0.05, 0) is 67.2 Å². The summed E-state index contributed by atoms with van der Waals surface area (Å²) < 4.78 is 9.56. The molecule has 0 fully saturated rings. The second-order valence-electron chi connectivity index (χ2n) is 3.95. The molecule has 0 aromatic heterocycles. The molecule has 4 nitrogen and oxygen atoms in total. The average molecular weight is 260 g/mol. The molecule has 4 heteroatoms. The molecule has 0 aliphatic heterocycles. The Balaban J connectivity index is 4.97. The Bertz CT molecular complexity index is 301. The summed E-state index contributed by atoms with van der Waals surface area (Å²) in [6.07, 6.45) is -1.19. The van der Waals surface area contributed by atoms with Crippen LogP contribution in [0.5, 0.6) is 0 Å². The summed E-state index contributed by atoms with van der Waals surface area (Å²) in [5.74, 6) is -2.15. The molecule has 19 heavy (non-hydrogen) atoms. The maximum Gasteiger partial charge on any atom is 0.346 e. The van der Waals surface area contributed by atoms with Crippen LogP contribution in [0.25, 0.3) is 0 Å². The van der Waals surface area contributed by atoms with E-state index in [0.717, 1.165) is 0 Å². The van der Waals surface area contributed by atoms with E-state index in [1.165, 1.54) is 0 Å². The first-order valence-electron chi connectivity index (χ1n) is 5.55. The zero-order chi connectivity index (χ0) is 15.1. The van der Waals surface area contributed by atoms with Crippen LogP contribution < -0.4 is 0 Å². The number of carbonyl (C=O) groups is 2. The van der Waals surface area contributed by atoms with Gasteiger partial charge in [0.25, 0.3) is 0 Å². The summed E-state index contributed by atoms with van der Waals surface area (Å²) in [6.45, 7) is 31.9. The number of hydrogen-bond acceptors (Lipinski definition) is 4. The summed E-state index contributed by atoms with van der Waals surface area (Å²) in [5.41, 5.74) is -3.36. The van der Waals surface area contributed by atoms with Gasteiger partial charge in [-0.1, -0.05) is 0 Å². The Morgan fingerprint density at radius 3 is 1.63 bits per heavy atom. The predicted molar refractivity (Wildman–Crippen MR) is 66.5 cm³/mol. The van der Waals surface area contributed by atoms with Crippen LogP contribution in [0.2, 0.25) is 0 Å². The fourth-order valence-electron chi connectivity index (χ4n) is 1.12. The van der Waals surface area contributed by atoms with E-state index in [0.29, 0.717) is 0 Å². The van der Waals surface area contributed by atoms with Crippen molar-refractivity contribution in [3.8, 4) is 0 Å². The van der Waals surface area contributed by atoms with Crippen LogP contribution in [0.3, 0.4) is 0 Å². The van der Waals surface area contributed by atoms with E-state index >= 15 is 0 Å². The molecule has 0 unspecified atom stereocenters. The largest absolute Gasteiger partial charge is 0.391 e. The lowest BCUT2D eigenvalue weighted by atomic mass is 9.85. The van der Waals surface area contributed by atoms with Gasteiger partial charge >= 0.3 is 11.9 Å². The van der Waals surface area contributed by atoms with E-state index in [1.54, 1.807) is 0 Å². The maximum absolute atomic E-state index is 11.9. The summed E-state index contributed by atoms with van der Waals surface area (Å²) in [7, 11) is 0. The van der Waals surface area contributed by atoms with Crippen molar-refractivity contribution < 1.29 is 19.1 Å². The van der Waals surface area contributed by atoms with Crippen LogP contribution in [-0.2, 0) is 19.1 Å². The lowest BCUT2D eigenvalue weighted by Crippen LogP contribution is -2.45. The molecule has 0 aliphatic rings. The molecule has 0 bridgehead atoms. The van der Waals surface area contributed by atoms with E-state index in [4.69, 9.17) is 46.3 Å². The first-order chi connectivity index (χ1) is 8.85. The third-order valence-electron chi connectivity index (χ3n) is 2.71. The third-order valence-corrected chi connectivity index (χ3v) is 2.71. The SMILES string of the molecule is [CH]COC(C[CH])(C[CH])C(=O)OC(=O)C([CH])(C[CH])C[CH]. The summed E-state index contributed by atoms with van der Waals surface area (Å²) in [4.78, 5) is 23.6. The molecule has 0 aliphatic carbocycles. The standard InChI is InChI=1S/C15H16O4/c1-7-14(6,8-2)12(16)19-13(17)15(9-3,10-4)18-11-5/h1-6H,7-11H2. The average Bonchev–Trinajstić information content (AvgIpc) is 2.43. The van der Waals surface area contributed by atoms with Crippen LogP contribution in [0, 0.1) is 47.0 Å². The van der Waals surface area contributed by atoms with Crippen molar-refractivity contribution >= 4 is 11.9 Å². The van der Waals surface area contributed by atoms with Crippen molar-refractivity contribution in [2.75, 3.05) is 6.61 Å². The van der Waals surface area contributed by atoms with Gasteiger partial charge in [-0.15, -0.1) is 0 Å². The van der Waals surface area contributed by atoms with Crippen LogP contribution in [-0.4, -0.2) is 24.1 Å². The van der Waals surface area contributed by atoms with Crippen molar-refractivity contribution in [1.29, 1.82) is 0 Å². The zero-order valence-corrected chi connectivity index (χ0v) is 10.6. The number of esters is 2. The highest BCUT2D eigenvalue weighted by atomic mass is 16.6. The Morgan fingerprint density at radius 2 is 1.32 bits per heavy atom. The maximum atomic E-state index is 11.9. The number of carbonyl (C=O) groups excluding carboxylic acids is 2. The Kier molecular flexibility index (Phi) is 7.27. The predicted octanol–water partition coefficient (Wildman–Crippen LogP) is 1.62. The topological polar surface area (TPSA) is 52.6 Å². The summed E-state index contributed by atoms with van der Waals surface area (Å²) in [6, 6.07) is 0. The fourth-order valence-corrected chi connectivity index (χ4v) is 1.12. The second kappa shape index (κ2) is 7.63. The van der Waals surface area contributed by atoms with Crippen molar-refractivity contribution in [3.05, 3.63) is 41.5 Å². The molecule has 0 atom stereocenters. The highest BCUT2D eigenvalue weighted by Gasteiger charge is 2.42. The molecule has 0 rings (SSSR count). The van der Waals surface area contributed by atoms with E-state index in [9.17, 15) is 9.59 Å². The molecule has 0 saturated heterocycles. The summed E-state index contributed by atoms with van der Waals surface area (Å²) in [5, 5.41) is 0. The quantitative estimate of drug-likeness (QED) is 0.491. The van der Waals surface area contributed by atoms with Gasteiger partial charge in [0, 0.05) is 0 Å². The van der Waals surface area contributed by atoms with Gasteiger partial charge in [0.2, 0.25) is 0 Å².